The fourth-order valence-electron chi connectivity index (χ4n) is 3.49. The molecule has 9 heteroatoms. The van der Waals surface area contributed by atoms with Crippen molar-refractivity contribution in [1.82, 2.24) is 9.88 Å². The van der Waals surface area contributed by atoms with Gasteiger partial charge in [0.1, 0.15) is 10.9 Å². The molecule has 7 nitrogen and oxygen atoms in total. The van der Waals surface area contributed by atoms with Gasteiger partial charge in [-0.3, -0.25) is 4.79 Å². The number of carboxylic acid groups (broad SMARTS) is 2. The number of rotatable bonds is 6. The molecular weight excluding hydrogens is 379 g/mol. The van der Waals surface area contributed by atoms with E-state index in [2.05, 4.69) is 11.6 Å². The Bertz CT molecular complexity index is 772. The number of aliphatic carboxylic acids is 1. The lowest BCUT2D eigenvalue weighted by atomic mass is 9.72. The number of amides is 1. The molecule has 2 heterocycles. The van der Waals surface area contributed by atoms with Crippen molar-refractivity contribution in [2.75, 3.05) is 13.2 Å². The average molecular weight is 401 g/mol. The Hall–Kier alpha value is -2.35. The molecule has 0 bridgehead atoms. The summed E-state index contributed by atoms with van der Waals surface area (Å²) in [5, 5.41) is 19.0. The number of hydrogen-bond donors (Lipinski definition) is 2. The van der Waals surface area contributed by atoms with Gasteiger partial charge < -0.3 is 19.8 Å². The van der Waals surface area contributed by atoms with Crippen LogP contribution in [0.4, 0.5) is 9.18 Å². The van der Waals surface area contributed by atoms with Crippen LogP contribution in [-0.2, 0) is 16.0 Å². The van der Waals surface area contributed by atoms with Gasteiger partial charge in [0.2, 0.25) is 0 Å². The van der Waals surface area contributed by atoms with E-state index in [0.717, 1.165) is 0 Å². The van der Waals surface area contributed by atoms with Crippen LogP contribution in [-0.4, -0.2) is 51.4 Å². The van der Waals surface area contributed by atoms with Crippen molar-refractivity contribution in [3.63, 3.8) is 0 Å². The van der Waals surface area contributed by atoms with E-state index in [4.69, 9.17) is 16.3 Å². The number of pyridine rings is 1. The Morgan fingerprint density at radius 3 is 2.70 bits per heavy atom. The molecule has 2 rings (SSSR count). The van der Waals surface area contributed by atoms with Gasteiger partial charge in [-0.2, -0.15) is 0 Å². The largest absolute Gasteiger partial charge is 0.494 e. The highest BCUT2D eigenvalue weighted by Gasteiger charge is 2.46. The number of piperidine rings is 1. The van der Waals surface area contributed by atoms with Crippen LogP contribution in [0.5, 0.6) is 0 Å². The number of ether oxygens (including phenoxy) is 1. The summed E-state index contributed by atoms with van der Waals surface area (Å²) < 4.78 is 20.2. The van der Waals surface area contributed by atoms with Crippen molar-refractivity contribution in [2.45, 2.75) is 39.2 Å². The Balaban J connectivity index is 2.39. The third-order valence-electron chi connectivity index (χ3n) is 4.87. The van der Waals surface area contributed by atoms with E-state index in [1.54, 1.807) is 13.8 Å². The van der Waals surface area contributed by atoms with Crippen molar-refractivity contribution in [3.8, 4) is 0 Å². The molecule has 2 atom stereocenters. The Kier molecular flexibility index (Phi) is 6.30. The first-order valence-corrected chi connectivity index (χ1v) is 8.89. The molecule has 1 saturated heterocycles. The fourth-order valence-corrected chi connectivity index (χ4v) is 3.70. The zero-order valence-electron chi connectivity index (χ0n) is 15.2. The highest BCUT2D eigenvalue weighted by Crippen LogP contribution is 2.39. The van der Waals surface area contributed by atoms with E-state index in [1.807, 2.05) is 0 Å². The Labute approximate surface area is 161 Å². The third kappa shape index (κ3) is 4.32. The number of hydrogen-bond acceptors (Lipinski definition) is 4. The van der Waals surface area contributed by atoms with E-state index in [-0.39, 0.29) is 54.6 Å². The molecule has 1 aromatic heterocycles. The molecule has 1 fully saturated rings. The predicted octanol–water partition coefficient (Wildman–Crippen LogP) is 3.66. The molecule has 148 valence electrons. The standard InChI is InChI=1S/C18H22ClFN2O5/c1-4-27-11(3)12-7-14(19)21-13(15(12)20)9-18(16(23)24)5-6-22(17(25)26)10(2)8-18/h7,10H,3-6,8-9H2,1-2H3,(H,23,24)(H,25,26)/t10-,18?/m1/s1. The maximum absolute atomic E-state index is 15.0. The van der Waals surface area contributed by atoms with Crippen molar-refractivity contribution >= 4 is 29.4 Å². The number of halogens is 2. The van der Waals surface area contributed by atoms with Crippen molar-refractivity contribution < 1.29 is 28.9 Å². The van der Waals surface area contributed by atoms with Gasteiger partial charge in [0.25, 0.3) is 0 Å². The molecule has 2 N–H and O–H groups in total. The predicted molar refractivity (Wildman–Crippen MR) is 97.1 cm³/mol. The molecule has 1 aromatic rings. The summed E-state index contributed by atoms with van der Waals surface area (Å²) >= 11 is 5.99. The fraction of sp³-hybridized carbons (Fsp3) is 0.500. The first kappa shape index (κ1) is 21.0. The van der Waals surface area contributed by atoms with Crippen molar-refractivity contribution in [2.24, 2.45) is 5.41 Å². The molecule has 1 aliphatic rings. The van der Waals surface area contributed by atoms with E-state index in [1.165, 1.54) is 11.0 Å². The van der Waals surface area contributed by atoms with Crippen LogP contribution in [0.15, 0.2) is 12.6 Å². The summed E-state index contributed by atoms with van der Waals surface area (Å²) in [7, 11) is 0. The van der Waals surface area contributed by atoms with E-state index < -0.39 is 29.3 Å². The number of likely N-dealkylation sites (tertiary alicyclic amines) is 1. The van der Waals surface area contributed by atoms with Crippen LogP contribution in [0, 0.1) is 11.2 Å². The quantitative estimate of drug-likeness (QED) is 0.558. The van der Waals surface area contributed by atoms with E-state index in [0.29, 0.717) is 0 Å². The number of aromatic nitrogens is 1. The molecule has 0 aliphatic carbocycles. The summed E-state index contributed by atoms with van der Waals surface area (Å²) in [6.45, 7) is 7.35. The van der Waals surface area contributed by atoms with Crippen LogP contribution < -0.4 is 0 Å². The van der Waals surface area contributed by atoms with Gasteiger partial charge in [-0.15, -0.1) is 0 Å². The van der Waals surface area contributed by atoms with Gasteiger partial charge >= 0.3 is 12.1 Å². The zero-order chi connectivity index (χ0) is 20.4. The molecule has 0 saturated carbocycles. The molecule has 1 unspecified atom stereocenters. The summed E-state index contributed by atoms with van der Waals surface area (Å²) in [5.74, 6) is -1.77. The Morgan fingerprint density at radius 1 is 1.52 bits per heavy atom. The topological polar surface area (TPSA) is 100.0 Å². The van der Waals surface area contributed by atoms with Crippen LogP contribution in [0.2, 0.25) is 5.15 Å². The molecule has 0 radical (unpaired) electrons. The van der Waals surface area contributed by atoms with Gasteiger partial charge in [-0.05, 0) is 32.8 Å². The second-order valence-corrected chi connectivity index (χ2v) is 7.04. The molecular formula is C18H22ClFN2O5. The number of carbonyl (C=O) groups is 2. The smallest absolute Gasteiger partial charge is 0.407 e. The minimum atomic E-state index is -1.34. The number of carboxylic acids is 1. The SMILES string of the molecule is C=C(OCC)c1cc(Cl)nc(CC2(C(=O)O)CCN(C(=O)O)[C@H](C)C2)c1F. The Morgan fingerprint density at radius 2 is 2.19 bits per heavy atom. The maximum atomic E-state index is 15.0. The van der Waals surface area contributed by atoms with Crippen LogP contribution >= 0.6 is 11.6 Å². The van der Waals surface area contributed by atoms with Gasteiger partial charge in [0.15, 0.2) is 5.82 Å². The minimum absolute atomic E-state index is 0.00110. The van der Waals surface area contributed by atoms with Crippen LogP contribution in [0.1, 0.15) is 37.9 Å². The van der Waals surface area contributed by atoms with Gasteiger partial charge in [0.05, 0.1) is 23.3 Å². The average Bonchev–Trinajstić information content (AvgIpc) is 2.57. The monoisotopic (exact) mass is 400 g/mol. The summed E-state index contributed by atoms with van der Waals surface area (Å²) in [4.78, 5) is 28.4. The lowest BCUT2D eigenvalue weighted by molar-refractivity contribution is -0.153. The van der Waals surface area contributed by atoms with E-state index in [9.17, 15) is 24.2 Å². The summed E-state index contributed by atoms with van der Waals surface area (Å²) in [6.07, 6.45) is -1.22. The molecule has 1 aliphatic heterocycles. The number of nitrogens with zero attached hydrogens (tertiary/aromatic N) is 2. The van der Waals surface area contributed by atoms with E-state index >= 15 is 0 Å². The van der Waals surface area contributed by atoms with Crippen LogP contribution in [0.25, 0.3) is 5.76 Å². The lowest BCUT2D eigenvalue weighted by Crippen LogP contribution is -2.51. The van der Waals surface area contributed by atoms with Crippen LogP contribution in [0.3, 0.4) is 0 Å². The van der Waals surface area contributed by atoms with Crippen molar-refractivity contribution in [3.05, 3.63) is 34.9 Å². The highest BCUT2D eigenvalue weighted by molar-refractivity contribution is 6.29. The molecule has 0 spiro atoms. The third-order valence-corrected chi connectivity index (χ3v) is 5.06. The van der Waals surface area contributed by atoms with Gasteiger partial charge in [0, 0.05) is 19.0 Å². The molecule has 1 amide bonds. The van der Waals surface area contributed by atoms with Crippen molar-refractivity contribution in [1.29, 1.82) is 0 Å². The first-order chi connectivity index (χ1) is 12.6. The summed E-state index contributed by atoms with van der Waals surface area (Å²) in [5.41, 5.74) is -1.41. The normalized spacial score (nSPS) is 22.4. The lowest BCUT2D eigenvalue weighted by Gasteiger charge is -2.42. The zero-order valence-corrected chi connectivity index (χ0v) is 15.9. The molecule has 0 aromatic carbocycles. The second kappa shape index (κ2) is 8.12. The van der Waals surface area contributed by atoms with Gasteiger partial charge in [-0.25, -0.2) is 14.2 Å². The molecule has 27 heavy (non-hydrogen) atoms. The summed E-state index contributed by atoms with van der Waals surface area (Å²) in [6, 6.07) is 0.758. The highest BCUT2D eigenvalue weighted by atomic mass is 35.5. The minimum Gasteiger partial charge on any atom is -0.494 e. The maximum Gasteiger partial charge on any atom is 0.407 e. The second-order valence-electron chi connectivity index (χ2n) is 6.65. The van der Waals surface area contributed by atoms with Gasteiger partial charge in [-0.1, -0.05) is 18.2 Å². The first-order valence-electron chi connectivity index (χ1n) is 8.51.